The van der Waals surface area contributed by atoms with Crippen LogP contribution in [0, 0.1) is 0 Å². The fourth-order valence-corrected chi connectivity index (χ4v) is 5.40. The van der Waals surface area contributed by atoms with E-state index in [0.717, 1.165) is 74.0 Å². The fourth-order valence-electron chi connectivity index (χ4n) is 5.15. The van der Waals surface area contributed by atoms with Crippen molar-refractivity contribution >= 4 is 17.6 Å². The summed E-state index contributed by atoms with van der Waals surface area (Å²) in [5, 5.41) is 0.749. The highest BCUT2D eigenvalue weighted by Crippen LogP contribution is 2.46. The van der Waals surface area contributed by atoms with Crippen molar-refractivity contribution in [3.8, 4) is 11.5 Å². The highest BCUT2D eigenvalue weighted by molar-refractivity contribution is 6.31. The number of halogens is 1. The van der Waals surface area contributed by atoms with Crippen LogP contribution >= 0.6 is 11.6 Å². The van der Waals surface area contributed by atoms with Crippen LogP contribution in [-0.4, -0.2) is 42.7 Å². The quantitative estimate of drug-likeness (QED) is 0.397. The molecule has 2 aromatic rings. The second-order valence-corrected chi connectivity index (χ2v) is 11.2. The van der Waals surface area contributed by atoms with Crippen molar-refractivity contribution in [2.75, 3.05) is 26.2 Å². The zero-order valence-corrected chi connectivity index (χ0v) is 22.2. The van der Waals surface area contributed by atoms with Gasteiger partial charge in [-0.25, -0.2) is 0 Å². The third-order valence-corrected chi connectivity index (χ3v) is 7.45. The Morgan fingerprint density at radius 1 is 1.17 bits per heavy atom. The van der Waals surface area contributed by atoms with Gasteiger partial charge in [0.05, 0.1) is 6.61 Å². The average molecular weight is 500 g/mol. The number of hydrogen-bond donors (Lipinski definition) is 0. The van der Waals surface area contributed by atoms with E-state index in [4.69, 9.17) is 25.8 Å². The Balaban J connectivity index is 1.30. The molecule has 5 nitrogen and oxygen atoms in total. The van der Waals surface area contributed by atoms with Gasteiger partial charge in [0.1, 0.15) is 23.7 Å². The number of aryl methyl sites for hydroxylation is 1. The molecule has 0 aromatic heterocycles. The van der Waals surface area contributed by atoms with E-state index in [-0.39, 0.29) is 11.4 Å². The summed E-state index contributed by atoms with van der Waals surface area (Å²) in [4.78, 5) is 14.4. The van der Waals surface area contributed by atoms with Crippen molar-refractivity contribution in [2.45, 2.75) is 77.4 Å². The van der Waals surface area contributed by atoms with Gasteiger partial charge in [-0.2, -0.15) is 0 Å². The Kier molecular flexibility index (Phi) is 7.97. The van der Waals surface area contributed by atoms with Gasteiger partial charge in [-0.1, -0.05) is 36.7 Å². The summed E-state index contributed by atoms with van der Waals surface area (Å²) in [6, 6.07) is 12.3. The SMILES string of the molecule is CCc1cccc(Cl)c1COc1ccc2c(c1)OCC21CCN(CCCC(=O)OC(C)(C)C)CC1. The zero-order chi connectivity index (χ0) is 25.1. The zero-order valence-electron chi connectivity index (χ0n) is 21.5. The van der Waals surface area contributed by atoms with E-state index in [2.05, 4.69) is 30.0 Å². The molecule has 0 saturated carbocycles. The van der Waals surface area contributed by atoms with Crippen LogP contribution < -0.4 is 9.47 Å². The molecule has 6 heteroatoms. The minimum Gasteiger partial charge on any atom is -0.492 e. The summed E-state index contributed by atoms with van der Waals surface area (Å²) in [6.07, 6.45) is 4.35. The van der Waals surface area contributed by atoms with Crippen LogP contribution in [0.5, 0.6) is 11.5 Å². The minimum atomic E-state index is -0.414. The van der Waals surface area contributed by atoms with Crippen molar-refractivity contribution in [1.29, 1.82) is 0 Å². The lowest BCUT2D eigenvalue weighted by molar-refractivity contribution is -0.155. The number of benzene rings is 2. The molecule has 1 saturated heterocycles. The number of nitrogens with zero attached hydrogens (tertiary/aromatic N) is 1. The van der Waals surface area contributed by atoms with Gasteiger partial charge in [0.25, 0.3) is 0 Å². The van der Waals surface area contributed by atoms with Crippen molar-refractivity contribution < 1.29 is 19.0 Å². The first-order valence-electron chi connectivity index (χ1n) is 12.8. The summed E-state index contributed by atoms with van der Waals surface area (Å²) < 4.78 is 17.7. The number of fused-ring (bicyclic) bond motifs is 2. The summed E-state index contributed by atoms with van der Waals surface area (Å²) in [5.41, 5.74) is 3.22. The number of carbonyl (C=O) groups excluding carboxylic acids is 1. The van der Waals surface area contributed by atoms with E-state index >= 15 is 0 Å². The second kappa shape index (κ2) is 10.8. The van der Waals surface area contributed by atoms with Gasteiger partial charge in [-0.05, 0) is 83.8 Å². The van der Waals surface area contributed by atoms with Gasteiger partial charge in [0, 0.05) is 34.1 Å². The molecular weight excluding hydrogens is 462 g/mol. The van der Waals surface area contributed by atoms with E-state index in [1.165, 1.54) is 11.1 Å². The van der Waals surface area contributed by atoms with Gasteiger partial charge in [0.2, 0.25) is 0 Å². The topological polar surface area (TPSA) is 48.0 Å². The molecule has 0 N–H and O–H groups in total. The first-order valence-corrected chi connectivity index (χ1v) is 13.2. The monoisotopic (exact) mass is 499 g/mol. The number of hydrogen-bond acceptors (Lipinski definition) is 5. The molecule has 2 aliphatic rings. The van der Waals surface area contributed by atoms with E-state index in [9.17, 15) is 4.79 Å². The predicted octanol–water partition coefficient (Wildman–Crippen LogP) is 6.33. The third kappa shape index (κ3) is 6.31. The molecule has 0 aliphatic carbocycles. The summed E-state index contributed by atoms with van der Waals surface area (Å²) in [7, 11) is 0. The lowest BCUT2D eigenvalue weighted by Gasteiger charge is -2.38. The molecule has 2 heterocycles. The fraction of sp³-hybridized carbons (Fsp3) is 0.552. The number of piperidine rings is 1. The Bertz CT molecular complexity index is 1040. The summed E-state index contributed by atoms with van der Waals surface area (Å²) in [6.45, 7) is 12.0. The molecule has 1 spiro atoms. The van der Waals surface area contributed by atoms with Crippen molar-refractivity contribution in [3.63, 3.8) is 0 Å². The Morgan fingerprint density at radius 2 is 1.94 bits per heavy atom. The van der Waals surface area contributed by atoms with E-state index < -0.39 is 5.60 Å². The van der Waals surface area contributed by atoms with Gasteiger partial charge in [-0.15, -0.1) is 0 Å². The van der Waals surface area contributed by atoms with Crippen LogP contribution in [0.1, 0.15) is 70.1 Å². The number of carbonyl (C=O) groups is 1. The van der Waals surface area contributed by atoms with Gasteiger partial charge >= 0.3 is 5.97 Å². The second-order valence-electron chi connectivity index (χ2n) is 10.8. The molecule has 35 heavy (non-hydrogen) atoms. The lowest BCUT2D eigenvalue weighted by Crippen LogP contribution is -2.44. The molecule has 0 amide bonds. The summed E-state index contributed by atoms with van der Waals surface area (Å²) >= 11 is 6.42. The highest BCUT2D eigenvalue weighted by atomic mass is 35.5. The van der Waals surface area contributed by atoms with Gasteiger partial charge in [0.15, 0.2) is 0 Å². The molecule has 0 bridgehead atoms. The van der Waals surface area contributed by atoms with Crippen LogP contribution in [0.4, 0.5) is 0 Å². The number of ether oxygens (including phenoxy) is 3. The Labute approximate surface area is 214 Å². The maximum atomic E-state index is 12.0. The molecular formula is C29H38ClNO4. The van der Waals surface area contributed by atoms with Gasteiger partial charge < -0.3 is 19.1 Å². The smallest absolute Gasteiger partial charge is 0.306 e. The summed E-state index contributed by atoms with van der Waals surface area (Å²) in [5.74, 6) is 1.64. The number of esters is 1. The number of likely N-dealkylation sites (tertiary alicyclic amines) is 1. The molecule has 1 fully saturated rings. The lowest BCUT2D eigenvalue weighted by atomic mass is 9.74. The maximum Gasteiger partial charge on any atom is 0.306 e. The molecule has 190 valence electrons. The third-order valence-electron chi connectivity index (χ3n) is 7.10. The standard InChI is InChI=1S/C29H38ClNO4/c1-5-21-8-6-9-25(30)23(21)19-33-22-11-12-24-26(18-22)34-20-29(24)13-16-31(17-14-29)15-7-10-27(32)35-28(2,3)4/h6,8-9,11-12,18H,5,7,10,13-17,19-20H2,1-4H3. The van der Waals surface area contributed by atoms with Crippen molar-refractivity contribution in [3.05, 3.63) is 58.1 Å². The van der Waals surface area contributed by atoms with E-state index in [1.54, 1.807) is 0 Å². The van der Waals surface area contributed by atoms with Crippen LogP contribution in [-0.2, 0) is 28.0 Å². The molecule has 0 atom stereocenters. The largest absolute Gasteiger partial charge is 0.492 e. The van der Waals surface area contributed by atoms with E-state index in [0.29, 0.717) is 13.0 Å². The maximum absolute atomic E-state index is 12.0. The Hall–Kier alpha value is -2.24. The molecule has 0 radical (unpaired) electrons. The first kappa shape index (κ1) is 25.8. The molecule has 2 aliphatic heterocycles. The normalized spacial score (nSPS) is 17.2. The van der Waals surface area contributed by atoms with Gasteiger partial charge in [-0.3, -0.25) is 4.79 Å². The first-order chi connectivity index (χ1) is 16.7. The average Bonchev–Trinajstić information content (AvgIpc) is 3.15. The van der Waals surface area contributed by atoms with Crippen LogP contribution in [0.25, 0.3) is 0 Å². The minimum absolute atomic E-state index is 0.0770. The molecule has 2 aromatic carbocycles. The van der Waals surface area contributed by atoms with Crippen molar-refractivity contribution in [2.24, 2.45) is 0 Å². The van der Waals surface area contributed by atoms with E-state index in [1.807, 2.05) is 39.0 Å². The molecule has 4 rings (SSSR count). The van der Waals surface area contributed by atoms with Crippen LogP contribution in [0.15, 0.2) is 36.4 Å². The highest BCUT2D eigenvalue weighted by Gasteiger charge is 2.43. The van der Waals surface area contributed by atoms with Crippen molar-refractivity contribution in [1.82, 2.24) is 4.90 Å². The number of rotatable bonds is 8. The predicted molar refractivity (Wildman–Crippen MR) is 140 cm³/mol. The Morgan fingerprint density at radius 3 is 2.66 bits per heavy atom. The molecule has 0 unspecified atom stereocenters. The van der Waals surface area contributed by atoms with Crippen LogP contribution in [0.3, 0.4) is 0 Å². The van der Waals surface area contributed by atoms with Crippen LogP contribution in [0.2, 0.25) is 5.02 Å².